The van der Waals surface area contributed by atoms with E-state index in [9.17, 15) is 9.59 Å². The first-order valence-corrected chi connectivity index (χ1v) is 9.09. The number of H-pyrrole nitrogens is 1. The molecule has 7 heteroatoms. The van der Waals surface area contributed by atoms with Gasteiger partial charge in [0.15, 0.2) is 0 Å². The van der Waals surface area contributed by atoms with Gasteiger partial charge in [0.2, 0.25) is 0 Å². The van der Waals surface area contributed by atoms with Gasteiger partial charge in [0, 0.05) is 43.0 Å². The van der Waals surface area contributed by atoms with Crippen LogP contribution in [0.25, 0.3) is 0 Å². The molecule has 1 aliphatic rings. The van der Waals surface area contributed by atoms with Gasteiger partial charge in [0.25, 0.3) is 11.5 Å². The van der Waals surface area contributed by atoms with Crippen molar-refractivity contribution in [2.75, 3.05) is 13.1 Å². The number of carbonyl (C=O) groups excluding carboxylic acids is 1. The summed E-state index contributed by atoms with van der Waals surface area (Å²) in [6.45, 7) is 1.94. The molecule has 2 aromatic heterocycles. The van der Waals surface area contributed by atoms with Crippen molar-refractivity contribution in [3.63, 3.8) is 0 Å². The van der Waals surface area contributed by atoms with Crippen molar-refractivity contribution in [2.24, 2.45) is 0 Å². The quantitative estimate of drug-likeness (QED) is 0.769. The first-order chi connectivity index (χ1) is 13.2. The second-order valence-electron chi connectivity index (χ2n) is 6.83. The summed E-state index contributed by atoms with van der Waals surface area (Å²) in [5.41, 5.74) is 2.31. The molecule has 3 aromatic rings. The number of hydrogen-bond acceptors (Lipinski definition) is 4. The summed E-state index contributed by atoms with van der Waals surface area (Å²) >= 11 is 0. The molecule has 0 aliphatic carbocycles. The summed E-state index contributed by atoms with van der Waals surface area (Å²) in [4.78, 5) is 33.3. The van der Waals surface area contributed by atoms with E-state index in [1.54, 1.807) is 6.20 Å². The van der Waals surface area contributed by atoms with Crippen molar-refractivity contribution in [1.29, 1.82) is 0 Å². The maximum absolute atomic E-state index is 13.0. The van der Waals surface area contributed by atoms with Crippen LogP contribution in [0.3, 0.4) is 0 Å². The second kappa shape index (κ2) is 7.57. The fourth-order valence-electron chi connectivity index (χ4n) is 3.58. The Hall–Kier alpha value is -3.22. The second-order valence-corrected chi connectivity index (χ2v) is 6.83. The lowest BCUT2D eigenvalue weighted by atomic mass is 9.94. The normalized spacial score (nSPS) is 17.0. The summed E-state index contributed by atoms with van der Waals surface area (Å²) in [6, 6.07) is 11.1. The molecule has 0 unspecified atom stereocenters. The smallest absolute Gasteiger partial charge is 0.253 e. The minimum absolute atomic E-state index is 0.0202. The number of piperidine rings is 1. The highest BCUT2D eigenvalue weighted by molar-refractivity contribution is 5.94. The summed E-state index contributed by atoms with van der Waals surface area (Å²) in [7, 11) is 0. The lowest BCUT2D eigenvalue weighted by Gasteiger charge is -2.32. The number of amides is 1. The highest BCUT2D eigenvalue weighted by atomic mass is 16.2. The monoisotopic (exact) mass is 363 g/mol. The predicted octanol–water partition coefficient (Wildman–Crippen LogP) is 2.03. The van der Waals surface area contributed by atoms with Gasteiger partial charge in [0.05, 0.1) is 18.6 Å². The number of benzene rings is 1. The molecule has 1 amide bonds. The third-order valence-electron chi connectivity index (χ3n) is 4.90. The Labute approximate surface area is 156 Å². The van der Waals surface area contributed by atoms with E-state index >= 15 is 0 Å². The average molecular weight is 363 g/mol. The number of rotatable bonds is 4. The molecule has 4 rings (SSSR count). The number of aromatic nitrogens is 4. The number of likely N-dealkylation sites (tertiary alicyclic amines) is 1. The largest absolute Gasteiger partial charge is 0.338 e. The van der Waals surface area contributed by atoms with Crippen molar-refractivity contribution in [2.45, 2.75) is 25.3 Å². The van der Waals surface area contributed by atoms with Gasteiger partial charge in [-0.05, 0) is 36.6 Å². The zero-order valence-electron chi connectivity index (χ0n) is 14.9. The molecule has 0 spiro atoms. The summed E-state index contributed by atoms with van der Waals surface area (Å²) < 4.78 is 1.83. The molecule has 1 aliphatic heterocycles. The minimum atomic E-state index is -0.158. The van der Waals surface area contributed by atoms with Crippen LogP contribution in [0.4, 0.5) is 0 Å². The van der Waals surface area contributed by atoms with Gasteiger partial charge >= 0.3 is 0 Å². The Morgan fingerprint density at radius 1 is 1.26 bits per heavy atom. The summed E-state index contributed by atoms with van der Waals surface area (Å²) in [5.74, 6) is 0.115. The molecule has 3 heterocycles. The van der Waals surface area contributed by atoms with E-state index in [4.69, 9.17) is 0 Å². The zero-order valence-corrected chi connectivity index (χ0v) is 14.9. The Balaban J connectivity index is 1.49. The fourth-order valence-corrected chi connectivity index (χ4v) is 3.58. The number of hydrogen-bond donors (Lipinski definition) is 1. The molecule has 0 saturated carbocycles. The molecule has 1 aromatic carbocycles. The molecule has 1 fully saturated rings. The van der Waals surface area contributed by atoms with Gasteiger partial charge in [-0.25, -0.2) is 4.98 Å². The van der Waals surface area contributed by atoms with Gasteiger partial charge in [-0.3, -0.25) is 14.3 Å². The van der Waals surface area contributed by atoms with Crippen LogP contribution in [0.5, 0.6) is 0 Å². The fraction of sp³-hybridized carbons (Fsp3) is 0.300. The molecular weight excluding hydrogens is 342 g/mol. The first-order valence-electron chi connectivity index (χ1n) is 9.09. The number of nitrogens with zero attached hydrogens (tertiary/aromatic N) is 4. The number of aromatic amines is 1. The Bertz CT molecular complexity index is 980. The van der Waals surface area contributed by atoms with E-state index in [0.717, 1.165) is 30.6 Å². The summed E-state index contributed by atoms with van der Waals surface area (Å²) in [6.07, 6.45) is 6.90. The van der Waals surface area contributed by atoms with Crippen LogP contribution in [0.15, 0.2) is 59.9 Å². The lowest BCUT2D eigenvalue weighted by molar-refractivity contribution is 0.0705. The Morgan fingerprint density at radius 2 is 2.19 bits per heavy atom. The predicted molar refractivity (Wildman–Crippen MR) is 101 cm³/mol. The van der Waals surface area contributed by atoms with Crippen molar-refractivity contribution >= 4 is 5.91 Å². The van der Waals surface area contributed by atoms with Crippen LogP contribution in [0.2, 0.25) is 0 Å². The third-order valence-corrected chi connectivity index (χ3v) is 4.90. The van der Waals surface area contributed by atoms with Crippen molar-refractivity contribution in [3.8, 4) is 0 Å². The first kappa shape index (κ1) is 17.2. The Morgan fingerprint density at radius 3 is 3.00 bits per heavy atom. The molecular formula is C20H21N5O2. The van der Waals surface area contributed by atoms with Crippen molar-refractivity contribution < 1.29 is 4.79 Å². The molecule has 138 valence electrons. The SMILES string of the molecule is O=C(c1cccc(Cn2cccn2)c1)N1CCC[C@H](c2cc(=O)[nH]cn2)C1. The topological polar surface area (TPSA) is 83.9 Å². The van der Waals surface area contributed by atoms with E-state index < -0.39 is 0 Å². The van der Waals surface area contributed by atoms with Crippen LogP contribution in [0.1, 0.15) is 40.4 Å². The molecule has 0 bridgehead atoms. The van der Waals surface area contributed by atoms with Crippen molar-refractivity contribution in [1.82, 2.24) is 24.6 Å². The molecule has 1 atom stereocenters. The van der Waals surface area contributed by atoms with Crippen LogP contribution in [-0.4, -0.2) is 43.6 Å². The Kier molecular flexibility index (Phi) is 4.82. The van der Waals surface area contributed by atoms with E-state index in [0.29, 0.717) is 18.7 Å². The number of carbonyl (C=O) groups is 1. The molecule has 1 N–H and O–H groups in total. The van der Waals surface area contributed by atoms with Crippen LogP contribution in [-0.2, 0) is 6.54 Å². The molecule has 27 heavy (non-hydrogen) atoms. The van der Waals surface area contributed by atoms with Gasteiger partial charge in [-0.15, -0.1) is 0 Å². The van der Waals surface area contributed by atoms with Crippen molar-refractivity contribution in [3.05, 3.63) is 82.3 Å². The summed E-state index contributed by atoms with van der Waals surface area (Å²) in [5, 5.41) is 4.21. The van der Waals surface area contributed by atoms with Gasteiger partial charge < -0.3 is 9.88 Å². The van der Waals surface area contributed by atoms with E-state index in [1.165, 1.54) is 12.4 Å². The average Bonchev–Trinajstić information content (AvgIpc) is 3.21. The van der Waals surface area contributed by atoms with E-state index in [-0.39, 0.29) is 17.4 Å². The molecule has 1 saturated heterocycles. The van der Waals surface area contributed by atoms with E-state index in [2.05, 4.69) is 15.1 Å². The van der Waals surface area contributed by atoms with E-state index in [1.807, 2.05) is 46.1 Å². The maximum atomic E-state index is 13.0. The van der Waals surface area contributed by atoms with Gasteiger partial charge in [-0.2, -0.15) is 5.10 Å². The number of nitrogens with one attached hydrogen (secondary N) is 1. The zero-order chi connectivity index (χ0) is 18.6. The third kappa shape index (κ3) is 3.97. The standard InChI is InChI=1S/C20H21N5O2/c26-19-11-18(21-14-22-19)17-6-2-8-24(13-17)20(27)16-5-1-4-15(10-16)12-25-9-3-7-23-25/h1,3-5,7,9-11,14,17H,2,6,8,12-13H2,(H,21,22,26)/t17-/m0/s1. The van der Waals surface area contributed by atoms with Crippen LogP contribution >= 0.6 is 0 Å². The van der Waals surface area contributed by atoms with Gasteiger partial charge in [-0.1, -0.05) is 12.1 Å². The van der Waals surface area contributed by atoms with Crippen LogP contribution in [0, 0.1) is 0 Å². The van der Waals surface area contributed by atoms with Gasteiger partial charge in [0.1, 0.15) is 0 Å². The highest BCUT2D eigenvalue weighted by Crippen LogP contribution is 2.25. The molecule has 0 radical (unpaired) electrons. The maximum Gasteiger partial charge on any atom is 0.253 e. The lowest BCUT2D eigenvalue weighted by Crippen LogP contribution is -2.39. The highest BCUT2D eigenvalue weighted by Gasteiger charge is 2.26. The minimum Gasteiger partial charge on any atom is -0.338 e. The molecule has 7 nitrogen and oxygen atoms in total. The van der Waals surface area contributed by atoms with Crippen LogP contribution < -0.4 is 5.56 Å².